The minimum Gasteiger partial charge on any atom is -0.368 e. The van der Waals surface area contributed by atoms with E-state index in [9.17, 15) is 9.18 Å². The maximum atomic E-state index is 13.3. The van der Waals surface area contributed by atoms with Gasteiger partial charge in [-0.25, -0.2) is 4.39 Å². The van der Waals surface area contributed by atoms with Crippen molar-refractivity contribution in [3.8, 4) is 0 Å². The summed E-state index contributed by atoms with van der Waals surface area (Å²) in [5.74, 6) is -0.183. The molecule has 22 heavy (non-hydrogen) atoms. The van der Waals surface area contributed by atoms with Gasteiger partial charge in [-0.3, -0.25) is 4.79 Å². The lowest BCUT2D eigenvalue weighted by Gasteiger charge is -2.36. The average Bonchev–Trinajstić information content (AvgIpc) is 2.55. The number of nitrogens with zero attached hydrogens (tertiary/aromatic N) is 2. The van der Waals surface area contributed by atoms with Crippen molar-refractivity contribution in [3.63, 3.8) is 0 Å². The fourth-order valence-corrected chi connectivity index (χ4v) is 2.88. The standard InChI is InChI=1S/C17H16BrFN2O/c18-14-6-4-13(5-7-14)17(22)21-10-8-20(9-11-21)16-3-1-2-15(19)12-16/h1-7,12H,8-11H2. The largest absolute Gasteiger partial charge is 0.368 e. The van der Waals surface area contributed by atoms with E-state index in [1.165, 1.54) is 12.1 Å². The smallest absolute Gasteiger partial charge is 0.253 e. The van der Waals surface area contributed by atoms with Crippen LogP contribution in [0.25, 0.3) is 0 Å². The van der Waals surface area contributed by atoms with Gasteiger partial charge in [-0.05, 0) is 42.5 Å². The van der Waals surface area contributed by atoms with E-state index >= 15 is 0 Å². The molecule has 114 valence electrons. The van der Waals surface area contributed by atoms with Crippen LogP contribution in [0.4, 0.5) is 10.1 Å². The number of anilines is 1. The van der Waals surface area contributed by atoms with Crippen molar-refractivity contribution in [2.75, 3.05) is 31.1 Å². The van der Waals surface area contributed by atoms with Crippen molar-refractivity contribution in [2.24, 2.45) is 0 Å². The van der Waals surface area contributed by atoms with Crippen LogP contribution >= 0.6 is 15.9 Å². The van der Waals surface area contributed by atoms with Crippen LogP contribution in [-0.2, 0) is 0 Å². The Morgan fingerprint density at radius 1 is 1.00 bits per heavy atom. The first kappa shape index (κ1) is 15.0. The van der Waals surface area contributed by atoms with Crippen molar-refractivity contribution >= 4 is 27.5 Å². The van der Waals surface area contributed by atoms with Crippen LogP contribution in [0.5, 0.6) is 0 Å². The van der Waals surface area contributed by atoms with Crippen LogP contribution in [0.1, 0.15) is 10.4 Å². The third-order valence-electron chi connectivity index (χ3n) is 3.83. The molecule has 1 amide bonds. The number of rotatable bonds is 2. The third kappa shape index (κ3) is 3.30. The first-order chi connectivity index (χ1) is 10.6. The number of carbonyl (C=O) groups is 1. The number of carbonyl (C=O) groups excluding carboxylic acids is 1. The summed E-state index contributed by atoms with van der Waals surface area (Å²) >= 11 is 3.37. The van der Waals surface area contributed by atoms with Crippen LogP contribution in [0.15, 0.2) is 53.0 Å². The molecule has 2 aromatic carbocycles. The van der Waals surface area contributed by atoms with Crippen molar-refractivity contribution in [1.82, 2.24) is 4.90 Å². The topological polar surface area (TPSA) is 23.6 Å². The Morgan fingerprint density at radius 3 is 2.32 bits per heavy atom. The van der Waals surface area contributed by atoms with Gasteiger partial charge in [-0.15, -0.1) is 0 Å². The highest BCUT2D eigenvalue weighted by Crippen LogP contribution is 2.19. The number of amides is 1. The Kier molecular flexibility index (Phi) is 4.43. The van der Waals surface area contributed by atoms with E-state index in [1.54, 1.807) is 6.07 Å². The van der Waals surface area contributed by atoms with Crippen molar-refractivity contribution in [1.29, 1.82) is 0 Å². The van der Waals surface area contributed by atoms with E-state index in [2.05, 4.69) is 20.8 Å². The van der Waals surface area contributed by atoms with Crippen LogP contribution in [0.2, 0.25) is 0 Å². The van der Waals surface area contributed by atoms with Gasteiger partial charge in [0.1, 0.15) is 5.82 Å². The van der Waals surface area contributed by atoms with Crippen molar-refractivity contribution in [3.05, 3.63) is 64.4 Å². The SMILES string of the molecule is O=C(c1ccc(Br)cc1)N1CCN(c2cccc(F)c2)CC1. The second-order valence-corrected chi connectivity index (χ2v) is 6.18. The molecule has 1 heterocycles. The fourth-order valence-electron chi connectivity index (χ4n) is 2.62. The molecule has 1 aliphatic heterocycles. The number of hydrogen-bond donors (Lipinski definition) is 0. The Hall–Kier alpha value is -1.88. The molecule has 1 saturated heterocycles. The summed E-state index contributed by atoms with van der Waals surface area (Å²) in [6.45, 7) is 2.72. The molecule has 0 unspecified atom stereocenters. The molecule has 3 nitrogen and oxygen atoms in total. The van der Waals surface area contributed by atoms with Gasteiger partial charge in [0, 0.05) is 41.9 Å². The van der Waals surface area contributed by atoms with Gasteiger partial charge in [0.15, 0.2) is 0 Å². The molecule has 0 aliphatic carbocycles. The van der Waals surface area contributed by atoms with E-state index in [0.29, 0.717) is 31.7 Å². The molecule has 5 heteroatoms. The minimum absolute atomic E-state index is 0.0476. The Morgan fingerprint density at radius 2 is 1.68 bits per heavy atom. The molecule has 2 aromatic rings. The Labute approximate surface area is 137 Å². The summed E-state index contributed by atoms with van der Waals surface area (Å²) in [6.07, 6.45) is 0. The highest BCUT2D eigenvalue weighted by molar-refractivity contribution is 9.10. The predicted octanol–water partition coefficient (Wildman–Crippen LogP) is 3.55. The number of hydrogen-bond acceptors (Lipinski definition) is 2. The normalized spacial score (nSPS) is 15.0. The summed E-state index contributed by atoms with van der Waals surface area (Å²) in [5.41, 5.74) is 1.57. The summed E-state index contributed by atoms with van der Waals surface area (Å²) in [4.78, 5) is 16.4. The van der Waals surface area contributed by atoms with E-state index < -0.39 is 0 Å². The van der Waals surface area contributed by atoms with Gasteiger partial charge in [0.05, 0.1) is 0 Å². The highest BCUT2D eigenvalue weighted by atomic mass is 79.9. The number of benzene rings is 2. The monoisotopic (exact) mass is 362 g/mol. The van der Waals surface area contributed by atoms with Crippen LogP contribution in [0.3, 0.4) is 0 Å². The van der Waals surface area contributed by atoms with Crippen LogP contribution < -0.4 is 4.90 Å². The Bertz CT molecular complexity index is 667. The van der Waals surface area contributed by atoms with Crippen LogP contribution in [0, 0.1) is 5.82 Å². The lowest BCUT2D eigenvalue weighted by molar-refractivity contribution is 0.0746. The van der Waals surface area contributed by atoms with Gasteiger partial charge < -0.3 is 9.80 Å². The summed E-state index contributed by atoms with van der Waals surface area (Å²) < 4.78 is 14.2. The molecular weight excluding hydrogens is 347 g/mol. The van der Waals surface area contributed by atoms with Gasteiger partial charge in [-0.1, -0.05) is 22.0 Å². The fraction of sp³-hybridized carbons (Fsp3) is 0.235. The predicted molar refractivity (Wildman–Crippen MR) is 88.7 cm³/mol. The number of halogens is 2. The van der Waals surface area contributed by atoms with E-state index in [-0.39, 0.29) is 11.7 Å². The molecule has 1 aliphatic rings. The average molecular weight is 363 g/mol. The second-order valence-electron chi connectivity index (χ2n) is 5.27. The minimum atomic E-state index is -0.231. The molecule has 0 saturated carbocycles. The zero-order valence-corrected chi connectivity index (χ0v) is 13.6. The third-order valence-corrected chi connectivity index (χ3v) is 4.36. The highest BCUT2D eigenvalue weighted by Gasteiger charge is 2.22. The van der Waals surface area contributed by atoms with Gasteiger partial charge in [0.25, 0.3) is 5.91 Å². The lowest BCUT2D eigenvalue weighted by Crippen LogP contribution is -2.48. The Balaban J connectivity index is 1.64. The lowest BCUT2D eigenvalue weighted by atomic mass is 10.1. The maximum Gasteiger partial charge on any atom is 0.253 e. The van der Waals surface area contributed by atoms with E-state index in [0.717, 1.165) is 10.2 Å². The van der Waals surface area contributed by atoms with Crippen LogP contribution in [-0.4, -0.2) is 37.0 Å². The zero-order valence-electron chi connectivity index (χ0n) is 12.0. The molecule has 0 bridgehead atoms. The van der Waals surface area contributed by atoms with Crippen molar-refractivity contribution < 1.29 is 9.18 Å². The zero-order chi connectivity index (χ0) is 15.5. The summed E-state index contributed by atoms with van der Waals surface area (Å²) in [7, 11) is 0. The van der Waals surface area contributed by atoms with Crippen molar-refractivity contribution in [2.45, 2.75) is 0 Å². The van der Waals surface area contributed by atoms with Gasteiger partial charge >= 0.3 is 0 Å². The molecular formula is C17H16BrFN2O. The summed E-state index contributed by atoms with van der Waals surface area (Å²) in [6, 6.07) is 14.0. The van der Waals surface area contributed by atoms with E-state index in [1.807, 2.05) is 35.2 Å². The second kappa shape index (κ2) is 6.48. The van der Waals surface area contributed by atoms with Gasteiger partial charge in [-0.2, -0.15) is 0 Å². The summed E-state index contributed by atoms with van der Waals surface area (Å²) in [5, 5.41) is 0. The molecule has 0 N–H and O–H groups in total. The molecule has 0 radical (unpaired) electrons. The maximum absolute atomic E-state index is 13.3. The molecule has 3 rings (SSSR count). The molecule has 0 atom stereocenters. The quantitative estimate of drug-likeness (QED) is 0.815. The first-order valence-electron chi connectivity index (χ1n) is 7.19. The first-order valence-corrected chi connectivity index (χ1v) is 7.98. The number of piperazine rings is 1. The molecule has 1 fully saturated rings. The molecule has 0 aromatic heterocycles. The molecule has 0 spiro atoms. The van der Waals surface area contributed by atoms with Gasteiger partial charge in [0.2, 0.25) is 0 Å². The van der Waals surface area contributed by atoms with E-state index in [4.69, 9.17) is 0 Å².